The smallest absolute Gasteiger partial charge is 0.222 e. The molecule has 156 valence electrons. The quantitative estimate of drug-likeness (QED) is 0.348. The second-order valence-electron chi connectivity index (χ2n) is 7.24. The third-order valence-electron chi connectivity index (χ3n) is 5.12. The maximum absolute atomic E-state index is 11.7. The summed E-state index contributed by atoms with van der Waals surface area (Å²) in [5, 5.41) is 6.69. The van der Waals surface area contributed by atoms with Crippen LogP contribution in [-0.4, -0.2) is 60.9 Å². The number of aliphatic imine (C=N–C) groups is 1. The lowest BCUT2D eigenvalue weighted by atomic mass is 10.1. The minimum absolute atomic E-state index is 0.296. The molecular weight excluding hydrogens is 350 g/mol. The van der Waals surface area contributed by atoms with Crippen molar-refractivity contribution in [3.05, 3.63) is 35.4 Å². The normalized spacial score (nSPS) is 14.8. The molecule has 28 heavy (non-hydrogen) atoms. The number of benzene rings is 1. The Labute approximate surface area is 170 Å². The summed E-state index contributed by atoms with van der Waals surface area (Å²) in [5.74, 6) is 1.13. The van der Waals surface area contributed by atoms with Crippen LogP contribution < -0.4 is 10.6 Å². The molecule has 6 heteroatoms. The van der Waals surface area contributed by atoms with Gasteiger partial charge in [0.05, 0.1) is 6.54 Å². The second kappa shape index (κ2) is 12.4. The van der Waals surface area contributed by atoms with Crippen molar-refractivity contribution in [3.63, 3.8) is 0 Å². The van der Waals surface area contributed by atoms with E-state index in [0.717, 1.165) is 64.6 Å². The first kappa shape index (κ1) is 22.2. The predicted octanol–water partition coefficient (Wildman–Crippen LogP) is 2.60. The van der Waals surface area contributed by atoms with Crippen molar-refractivity contribution in [2.75, 3.05) is 39.3 Å². The third kappa shape index (κ3) is 7.50. The van der Waals surface area contributed by atoms with Gasteiger partial charge in [0, 0.05) is 39.1 Å². The van der Waals surface area contributed by atoms with Gasteiger partial charge in [0.15, 0.2) is 5.96 Å². The molecule has 0 spiro atoms. The Morgan fingerprint density at radius 3 is 2.64 bits per heavy atom. The van der Waals surface area contributed by atoms with E-state index >= 15 is 0 Å². The minimum Gasteiger partial charge on any atom is -0.357 e. The topological polar surface area (TPSA) is 60.0 Å². The number of carbonyl (C=O) groups is 1. The number of guanidine groups is 1. The highest BCUT2D eigenvalue weighted by Crippen LogP contribution is 2.10. The summed E-state index contributed by atoms with van der Waals surface area (Å²) in [6.45, 7) is 13.6. The number of amides is 1. The van der Waals surface area contributed by atoms with Crippen LogP contribution in [0.3, 0.4) is 0 Å². The fourth-order valence-electron chi connectivity index (χ4n) is 3.46. The Morgan fingerprint density at radius 2 is 1.96 bits per heavy atom. The molecule has 1 heterocycles. The molecule has 2 rings (SSSR count). The molecule has 0 bridgehead atoms. The van der Waals surface area contributed by atoms with Crippen molar-refractivity contribution >= 4 is 11.9 Å². The summed E-state index contributed by atoms with van der Waals surface area (Å²) in [4.78, 5) is 20.8. The molecule has 1 saturated heterocycles. The molecule has 1 aromatic carbocycles. The first-order chi connectivity index (χ1) is 13.7. The molecule has 0 saturated carbocycles. The van der Waals surface area contributed by atoms with Crippen LogP contribution in [0.15, 0.2) is 29.3 Å². The average Bonchev–Trinajstić information content (AvgIpc) is 3.12. The summed E-state index contributed by atoms with van der Waals surface area (Å²) in [7, 11) is 0. The molecule has 0 radical (unpaired) electrons. The molecule has 1 aromatic rings. The molecule has 1 amide bonds. The van der Waals surface area contributed by atoms with Gasteiger partial charge in [-0.1, -0.05) is 38.1 Å². The number of hydrogen-bond acceptors (Lipinski definition) is 3. The van der Waals surface area contributed by atoms with Gasteiger partial charge in [0.25, 0.3) is 0 Å². The Kier molecular flexibility index (Phi) is 9.83. The lowest BCUT2D eigenvalue weighted by molar-refractivity contribution is -0.127. The largest absolute Gasteiger partial charge is 0.357 e. The zero-order valence-corrected chi connectivity index (χ0v) is 17.8. The fourth-order valence-corrected chi connectivity index (χ4v) is 3.46. The number of carbonyl (C=O) groups excluding carboxylic acids is 1. The van der Waals surface area contributed by atoms with Gasteiger partial charge >= 0.3 is 0 Å². The lowest BCUT2D eigenvalue weighted by Crippen LogP contribution is -2.39. The van der Waals surface area contributed by atoms with Crippen LogP contribution in [0.4, 0.5) is 0 Å². The van der Waals surface area contributed by atoms with Crippen molar-refractivity contribution in [2.24, 2.45) is 4.99 Å². The summed E-state index contributed by atoms with van der Waals surface area (Å²) in [6.07, 6.45) is 2.66. The van der Waals surface area contributed by atoms with Crippen LogP contribution in [0.5, 0.6) is 0 Å². The average molecular weight is 388 g/mol. The van der Waals surface area contributed by atoms with Gasteiger partial charge in [-0.15, -0.1) is 0 Å². The molecule has 1 aliphatic heterocycles. The zero-order valence-electron chi connectivity index (χ0n) is 17.8. The van der Waals surface area contributed by atoms with Gasteiger partial charge in [-0.25, -0.2) is 4.99 Å². The van der Waals surface area contributed by atoms with Gasteiger partial charge in [-0.3, -0.25) is 9.69 Å². The number of nitrogens with zero attached hydrogens (tertiary/aromatic N) is 3. The Bertz CT molecular complexity index is 627. The number of nitrogens with one attached hydrogen (secondary N) is 2. The lowest BCUT2D eigenvalue weighted by Gasteiger charge is -2.18. The highest BCUT2D eigenvalue weighted by atomic mass is 16.2. The zero-order chi connectivity index (χ0) is 20.2. The van der Waals surface area contributed by atoms with Crippen LogP contribution >= 0.6 is 0 Å². The van der Waals surface area contributed by atoms with Crippen LogP contribution in [0, 0.1) is 0 Å². The van der Waals surface area contributed by atoms with Crippen LogP contribution in [0.2, 0.25) is 0 Å². The minimum atomic E-state index is 0.296. The van der Waals surface area contributed by atoms with Gasteiger partial charge in [-0.05, 0) is 44.0 Å². The molecule has 0 aliphatic carbocycles. The fraction of sp³-hybridized carbons (Fsp3) is 0.636. The molecule has 0 unspecified atom stereocenters. The standard InChI is InChI=1S/C22H37N5O/c1-4-23-22(24-13-9-15-27-14-8-12-21(27)28)25-17-19-10-7-11-20(16-19)18-26(5-2)6-3/h7,10-11,16H,4-6,8-9,12-15,17-18H2,1-3H3,(H2,23,24,25). The summed E-state index contributed by atoms with van der Waals surface area (Å²) in [6, 6.07) is 8.70. The number of hydrogen-bond donors (Lipinski definition) is 2. The predicted molar refractivity (Wildman–Crippen MR) is 116 cm³/mol. The molecule has 2 N–H and O–H groups in total. The first-order valence-corrected chi connectivity index (χ1v) is 10.8. The van der Waals surface area contributed by atoms with Gasteiger partial charge < -0.3 is 15.5 Å². The van der Waals surface area contributed by atoms with Crippen molar-refractivity contribution < 1.29 is 4.79 Å². The maximum atomic E-state index is 11.7. The van der Waals surface area contributed by atoms with Crippen molar-refractivity contribution in [1.82, 2.24) is 20.4 Å². The Morgan fingerprint density at radius 1 is 1.18 bits per heavy atom. The molecular formula is C22H37N5O. The Balaban J connectivity index is 1.83. The SMILES string of the molecule is CCNC(=NCc1cccc(CN(CC)CC)c1)NCCCN1CCCC1=O. The summed E-state index contributed by atoms with van der Waals surface area (Å²) < 4.78 is 0. The van der Waals surface area contributed by atoms with Crippen molar-refractivity contribution in [2.45, 2.75) is 53.1 Å². The van der Waals surface area contributed by atoms with E-state index in [1.807, 2.05) is 4.90 Å². The van der Waals surface area contributed by atoms with E-state index in [2.05, 4.69) is 60.6 Å². The third-order valence-corrected chi connectivity index (χ3v) is 5.12. The van der Waals surface area contributed by atoms with Gasteiger partial charge in [-0.2, -0.15) is 0 Å². The number of rotatable bonds is 11. The highest BCUT2D eigenvalue weighted by molar-refractivity contribution is 5.79. The van der Waals surface area contributed by atoms with Crippen LogP contribution in [-0.2, 0) is 17.9 Å². The van der Waals surface area contributed by atoms with E-state index in [4.69, 9.17) is 4.99 Å². The Hall–Kier alpha value is -2.08. The van der Waals surface area contributed by atoms with E-state index in [9.17, 15) is 4.79 Å². The van der Waals surface area contributed by atoms with Crippen LogP contribution in [0.25, 0.3) is 0 Å². The summed E-state index contributed by atoms with van der Waals surface area (Å²) >= 11 is 0. The van der Waals surface area contributed by atoms with E-state index in [0.29, 0.717) is 18.9 Å². The van der Waals surface area contributed by atoms with Crippen LogP contribution in [0.1, 0.15) is 51.2 Å². The second-order valence-corrected chi connectivity index (χ2v) is 7.24. The molecule has 0 atom stereocenters. The molecule has 6 nitrogen and oxygen atoms in total. The number of likely N-dealkylation sites (tertiary alicyclic amines) is 1. The highest BCUT2D eigenvalue weighted by Gasteiger charge is 2.18. The van der Waals surface area contributed by atoms with Gasteiger partial charge in [0.1, 0.15) is 0 Å². The summed E-state index contributed by atoms with van der Waals surface area (Å²) in [5.41, 5.74) is 2.56. The molecule has 1 fully saturated rings. The maximum Gasteiger partial charge on any atom is 0.222 e. The first-order valence-electron chi connectivity index (χ1n) is 10.8. The van der Waals surface area contributed by atoms with E-state index < -0.39 is 0 Å². The van der Waals surface area contributed by atoms with Crippen molar-refractivity contribution in [3.8, 4) is 0 Å². The molecule has 1 aliphatic rings. The van der Waals surface area contributed by atoms with E-state index in [-0.39, 0.29) is 0 Å². The van der Waals surface area contributed by atoms with E-state index in [1.165, 1.54) is 11.1 Å². The van der Waals surface area contributed by atoms with Crippen molar-refractivity contribution in [1.29, 1.82) is 0 Å². The van der Waals surface area contributed by atoms with E-state index in [1.54, 1.807) is 0 Å². The molecule has 0 aromatic heterocycles. The van der Waals surface area contributed by atoms with Gasteiger partial charge in [0.2, 0.25) is 5.91 Å². The monoisotopic (exact) mass is 387 g/mol.